The molecule has 0 unspecified atom stereocenters. The van der Waals surface area contributed by atoms with E-state index in [9.17, 15) is 14.7 Å². The van der Waals surface area contributed by atoms with Crippen LogP contribution in [0.4, 0.5) is 17.1 Å². The number of phenols is 1. The molecule has 7 heteroatoms. The Kier molecular flexibility index (Phi) is 6.10. The van der Waals surface area contributed by atoms with Crippen LogP contribution in [0.25, 0.3) is 0 Å². The Bertz CT molecular complexity index is 986. The number of nitrogens with zero attached hydrogens (tertiary/aromatic N) is 2. The molecule has 140 valence electrons. The van der Waals surface area contributed by atoms with Crippen LogP contribution in [0.15, 0.2) is 89.1 Å². The molecule has 0 aromatic heterocycles. The zero-order valence-electron chi connectivity index (χ0n) is 14.8. The van der Waals surface area contributed by atoms with Gasteiger partial charge in [0.15, 0.2) is 6.61 Å². The summed E-state index contributed by atoms with van der Waals surface area (Å²) in [4.78, 5) is 23.8. The summed E-state index contributed by atoms with van der Waals surface area (Å²) in [5.41, 5.74) is 1.91. The number of nitrogens with one attached hydrogen (secondary N) is 1. The minimum atomic E-state index is -0.773. The average Bonchev–Trinajstić information content (AvgIpc) is 2.72. The van der Waals surface area contributed by atoms with E-state index >= 15 is 0 Å². The van der Waals surface area contributed by atoms with Crippen LogP contribution < -0.4 is 5.32 Å². The highest BCUT2D eigenvalue weighted by Crippen LogP contribution is 2.20. The van der Waals surface area contributed by atoms with Crippen LogP contribution in [-0.2, 0) is 9.53 Å². The third-order valence-electron chi connectivity index (χ3n) is 3.65. The van der Waals surface area contributed by atoms with Crippen molar-refractivity contribution in [3.8, 4) is 5.75 Å². The van der Waals surface area contributed by atoms with Crippen LogP contribution in [-0.4, -0.2) is 23.6 Å². The molecule has 0 bridgehead atoms. The van der Waals surface area contributed by atoms with Gasteiger partial charge in [0.1, 0.15) is 11.3 Å². The Morgan fingerprint density at radius 2 is 1.43 bits per heavy atom. The SMILES string of the molecule is O=C(COC(=O)c1ccccc1O)Nc1ccc(N=Nc2ccccc2)cc1. The number of aromatic hydroxyl groups is 1. The van der Waals surface area contributed by atoms with E-state index in [4.69, 9.17) is 4.74 Å². The number of benzene rings is 3. The summed E-state index contributed by atoms with van der Waals surface area (Å²) in [6, 6.07) is 22.0. The molecular weight excluding hydrogens is 358 g/mol. The van der Waals surface area contributed by atoms with Crippen molar-refractivity contribution in [1.29, 1.82) is 0 Å². The Labute approximate surface area is 161 Å². The van der Waals surface area contributed by atoms with Gasteiger partial charge in [-0.15, -0.1) is 0 Å². The van der Waals surface area contributed by atoms with E-state index in [1.807, 2.05) is 30.3 Å². The van der Waals surface area contributed by atoms with Gasteiger partial charge in [-0.05, 0) is 48.5 Å². The minimum absolute atomic E-state index is 0.00318. The molecule has 1 amide bonds. The van der Waals surface area contributed by atoms with Crippen molar-refractivity contribution in [1.82, 2.24) is 0 Å². The van der Waals surface area contributed by atoms with Crippen molar-refractivity contribution in [2.45, 2.75) is 0 Å². The molecule has 0 heterocycles. The van der Waals surface area contributed by atoms with E-state index in [0.717, 1.165) is 5.69 Å². The summed E-state index contributed by atoms with van der Waals surface area (Å²) in [5.74, 6) is -1.47. The maximum atomic E-state index is 11.9. The van der Waals surface area contributed by atoms with Crippen LogP contribution >= 0.6 is 0 Å². The largest absolute Gasteiger partial charge is 0.507 e. The Hall–Kier alpha value is -4.00. The lowest BCUT2D eigenvalue weighted by Gasteiger charge is -2.07. The fraction of sp³-hybridized carbons (Fsp3) is 0.0476. The van der Waals surface area contributed by atoms with Crippen LogP contribution in [0.1, 0.15) is 10.4 Å². The molecule has 0 radical (unpaired) electrons. The molecule has 7 nitrogen and oxygen atoms in total. The summed E-state index contributed by atoms with van der Waals surface area (Å²) >= 11 is 0. The summed E-state index contributed by atoms with van der Waals surface area (Å²) < 4.78 is 4.91. The van der Waals surface area contributed by atoms with Gasteiger partial charge in [-0.1, -0.05) is 30.3 Å². The maximum Gasteiger partial charge on any atom is 0.342 e. The quantitative estimate of drug-likeness (QED) is 0.485. The smallest absolute Gasteiger partial charge is 0.342 e. The molecule has 3 aromatic carbocycles. The van der Waals surface area contributed by atoms with E-state index in [-0.39, 0.29) is 11.3 Å². The number of carbonyl (C=O) groups is 2. The zero-order valence-corrected chi connectivity index (χ0v) is 14.8. The molecule has 3 rings (SSSR count). The first-order valence-electron chi connectivity index (χ1n) is 8.43. The number of hydrogen-bond acceptors (Lipinski definition) is 6. The Morgan fingerprint density at radius 1 is 0.821 bits per heavy atom. The first-order chi connectivity index (χ1) is 13.6. The number of esters is 1. The first kappa shape index (κ1) is 18.8. The fourth-order valence-electron chi connectivity index (χ4n) is 2.27. The number of amides is 1. The maximum absolute atomic E-state index is 11.9. The van der Waals surface area contributed by atoms with Gasteiger partial charge in [-0.25, -0.2) is 4.79 Å². The van der Waals surface area contributed by atoms with Crippen LogP contribution in [0.5, 0.6) is 5.75 Å². The minimum Gasteiger partial charge on any atom is -0.507 e. The van der Waals surface area contributed by atoms with E-state index < -0.39 is 18.5 Å². The molecule has 0 spiro atoms. The third kappa shape index (κ3) is 5.25. The van der Waals surface area contributed by atoms with Crippen LogP contribution in [0, 0.1) is 0 Å². The second kappa shape index (κ2) is 9.09. The average molecular weight is 375 g/mol. The predicted molar refractivity (Wildman–Crippen MR) is 104 cm³/mol. The highest BCUT2D eigenvalue weighted by atomic mass is 16.5. The lowest BCUT2D eigenvalue weighted by Crippen LogP contribution is -2.20. The van der Waals surface area contributed by atoms with Crippen molar-refractivity contribution < 1.29 is 19.4 Å². The normalized spacial score (nSPS) is 10.6. The summed E-state index contributed by atoms with van der Waals surface area (Å²) in [5, 5.41) is 20.4. The van der Waals surface area contributed by atoms with Crippen molar-refractivity contribution in [3.05, 3.63) is 84.4 Å². The fourth-order valence-corrected chi connectivity index (χ4v) is 2.27. The lowest BCUT2D eigenvalue weighted by molar-refractivity contribution is -0.119. The monoisotopic (exact) mass is 375 g/mol. The van der Waals surface area contributed by atoms with Crippen LogP contribution in [0.3, 0.4) is 0 Å². The number of para-hydroxylation sites is 1. The second-order valence-electron chi connectivity index (χ2n) is 5.72. The molecule has 0 saturated heterocycles. The van der Waals surface area contributed by atoms with Gasteiger partial charge >= 0.3 is 5.97 Å². The molecule has 2 N–H and O–H groups in total. The molecule has 0 atom stereocenters. The molecule has 0 fully saturated rings. The van der Waals surface area contributed by atoms with Gasteiger partial charge in [-0.2, -0.15) is 10.2 Å². The summed E-state index contributed by atoms with van der Waals surface area (Å²) in [6.07, 6.45) is 0. The summed E-state index contributed by atoms with van der Waals surface area (Å²) in [6.45, 7) is -0.470. The van der Waals surface area contributed by atoms with Gasteiger partial charge < -0.3 is 15.2 Å². The topological polar surface area (TPSA) is 100 Å². The molecule has 0 aliphatic carbocycles. The van der Waals surface area contributed by atoms with E-state index in [1.165, 1.54) is 12.1 Å². The highest BCUT2D eigenvalue weighted by molar-refractivity contribution is 5.96. The zero-order chi connectivity index (χ0) is 19.8. The van der Waals surface area contributed by atoms with Gasteiger partial charge in [0.05, 0.1) is 11.4 Å². The number of anilines is 1. The van der Waals surface area contributed by atoms with Gasteiger partial charge in [-0.3, -0.25) is 4.79 Å². The molecule has 3 aromatic rings. The number of carbonyl (C=O) groups excluding carboxylic acids is 2. The summed E-state index contributed by atoms with van der Waals surface area (Å²) in [7, 11) is 0. The Balaban J connectivity index is 1.51. The number of hydrogen-bond donors (Lipinski definition) is 2. The second-order valence-corrected chi connectivity index (χ2v) is 5.72. The lowest BCUT2D eigenvalue weighted by atomic mass is 10.2. The van der Waals surface area contributed by atoms with Crippen LogP contribution in [0.2, 0.25) is 0 Å². The van der Waals surface area contributed by atoms with Crippen molar-refractivity contribution in [2.75, 3.05) is 11.9 Å². The third-order valence-corrected chi connectivity index (χ3v) is 3.65. The molecular formula is C21H17N3O4. The van der Waals surface area contributed by atoms with Crippen molar-refractivity contribution >= 4 is 28.9 Å². The van der Waals surface area contributed by atoms with Crippen molar-refractivity contribution in [3.63, 3.8) is 0 Å². The van der Waals surface area contributed by atoms with E-state index in [0.29, 0.717) is 11.4 Å². The molecule has 28 heavy (non-hydrogen) atoms. The van der Waals surface area contributed by atoms with E-state index in [1.54, 1.807) is 36.4 Å². The van der Waals surface area contributed by atoms with Gasteiger partial charge in [0.2, 0.25) is 0 Å². The Morgan fingerprint density at radius 3 is 2.11 bits per heavy atom. The van der Waals surface area contributed by atoms with Gasteiger partial charge in [0.25, 0.3) is 5.91 Å². The van der Waals surface area contributed by atoms with Crippen molar-refractivity contribution in [2.24, 2.45) is 10.2 Å². The first-order valence-corrected chi connectivity index (χ1v) is 8.43. The number of phenolic OH excluding ortho intramolecular Hbond substituents is 1. The number of azo groups is 1. The predicted octanol–water partition coefficient (Wildman–Crippen LogP) is 4.60. The molecule has 0 aliphatic heterocycles. The van der Waals surface area contributed by atoms with E-state index in [2.05, 4.69) is 15.5 Å². The number of ether oxygens (including phenoxy) is 1. The standard InChI is InChI=1S/C21H17N3O4/c25-19-9-5-4-8-18(19)21(27)28-14-20(26)22-15-10-12-17(13-11-15)24-23-16-6-2-1-3-7-16/h1-13,25H,14H2,(H,22,26). The molecule has 0 saturated carbocycles. The van der Waals surface area contributed by atoms with Gasteiger partial charge in [0, 0.05) is 5.69 Å². The molecule has 0 aliphatic rings. The highest BCUT2D eigenvalue weighted by Gasteiger charge is 2.13. The number of rotatable bonds is 6.